The fourth-order valence-electron chi connectivity index (χ4n) is 2.46. The summed E-state index contributed by atoms with van der Waals surface area (Å²) in [5.74, 6) is -1.75. The van der Waals surface area contributed by atoms with E-state index in [1.807, 2.05) is 0 Å². The van der Waals surface area contributed by atoms with Crippen molar-refractivity contribution in [1.29, 1.82) is 0 Å². The Balaban J connectivity index is 2.42. The quantitative estimate of drug-likeness (QED) is 0.323. The Hall–Kier alpha value is -1.65. The summed E-state index contributed by atoms with van der Waals surface area (Å²) in [4.78, 5) is 35.7. The Labute approximate surface area is 126 Å². The van der Waals surface area contributed by atoms with Gasteiger partial charge in [0.15, 0.2) is 5.78 Å². The number of hydrogen-bond donors (Lipinski definition) is 1. The first-order chi connectivity index (χ1) is 9.99. The number of aliphatic hydroxyl groups excluding tert-OH is 1. The van der Waals surface area contributed by atoms with Crippen LogP contribution in [0.2, 0.25) is 0 Å². The topological polar surface area (TPSA) is 74.7 Å². The van der Waals surface area contributed by atoms with Crippen molar-refractivity contribution >= 4 is 17.6 Å². The SMILES string of the molecule is CCCCCCCCC/C(O)=C1\C(=O)CN(C(C)=O)C1=O. The molecule has 0 unspecified atom stereocenters. The van der Waals surface area contributed by atoms with Crippen LogP contribution in [0.25, 0.3) is 0 Å². The van der Waals surface area contributed by atoms with E-state index >= 15 is 0 Å². The average molecular weight is 295 g/mol. The minimum atomic E-state index is -0.659. The summed E-state index contributed by atoms with van der Waals surface area (Å²) in [7, 11) is 0. The smallest absolute Gasteiger partial charge is 0.267 e. The molecular weight excluding hydrogens is 270 g/mol. The molecule has 0 bridgehead atoms. The fourth-order valence-corrected chi connectivity index (χ4v) is 2.46. The molecule has 0 atom stereocenters. The molecule has 2 amide bonds. The van der Waals surface area contributed by atoms with Gasteiger partial charge in [-0.05, 0) is 6.42 Å². The van der Waals surface area contributed by atoms with Gasteiger partial charge in [-0.25, -0.2) is 0 Å². The fraction of sp³-hybridized carbons (Fsp3) is 0.688. The molecule has 1 saturated heterocycles. The number of carbonyl (C=O) groups is 3. The highest BCUT2D eigenvalue weighted by Gasteiger charge is 2.38. The molecule has 0 spiro atoms. The lowest BCUT2D eigenvalue weighted by molar-refractivity contribution is -0.139. The summed E-state index contributed by atoms with van der Waals surface area (Å²) in [6.07, 6.45) is 8.02. The Morgan fingerprint density at radius 3 is 2.19 bits per heavy atom. The Morgan fingerprint density at radius 1 is 1.10 bits per heavy atom. The standard InChI is InChI=1S/C16H25NO4/c1-3-4-5-6-7-8-9-10-13(19)15-14(20)11-17(12(2)18)16(15)21/h19H,3-11H2,1-2H3/b15-13-. The summed E-state index contributed by atoms with van der Waals surface area (Å²) < 4.78 is 0. The molecule has 5 nitrogen and oxygen atoms in total. The summed E-state index contributed by atoms with van der Waals surface area (Å²) in [5.41, 5.74) is -0.198. The van der Waals surface area contributed by atoms with Gasteiger partial charge in [0, 0.05) is 13.3 Å². The molecule has 1 aliphatic rings. The molecule has 1 aliphatic heterocycles. The van der Waals surface area contributed by atoms with Crippen molar-refractivity contribution in [2.24, 2.45) is 0 Å². The van der Waals surface area contributed by atoms with Crippen molar-refractivity contribution in [2.75, 3.05) is 6.54 Å². The first kappa shape index (κ1) is 17.4. The van der Waals surface area contributed by atoms with Crippen LogP contribution in [0.5, 0.6) is 0 Å². The van der Waals surface area contributed by atoms with Gasteiger partial charge >= 0.3 is 0 Å². The van der Waals surface area contributed by atoms with E-state index in [1.165, 1.54) is 32.6 Å². The Kier molecular flexibility index (Phi) is 7.12. The molecule has 1 heterocycles. The molecule has 118 valence electrons. The summed E-state index contributed by atoms with van der Waals surface area (Å²) >= 11 is 0. The summed E-state index contributed by atoms with van der Waals surface area (Å²) in [5, 5.41) is 9.93. The second kappa shape index (κ2) is 8.60. The second-order valence-corrected chi connectivity index (χ2v) is 5.53. The third-order valence-corrected chi connectivity index (χ3v) is 3.73. The molecule has 0 aromatic heterocycles. The van der Waals surface area contributed by atoms with E-state index in [1.54, 1.807) is 0 Å². The van der Waals surface area contributed by atoms with E-state index in [2.05, 4.69) is 6.92 Å². The lowest BCUT2D eigenvalue weighted by Gasteiger charge is -2.08. The minimum absolute atomic E-state index is 0.165. The van der Waals surface area contributed by atoms with Crippen LogP contribution in [-0.4, -0.2) is 34.1 Å². The number of nitrogens with zero attached hydrogens (tertiary/aromatic N) is 1. The van der Waals surface area contributed by atoms with Gasteiger partial charge < -0.3 is 5.11 Å². The van der Waals surface area contributed by atoms with Gasteiger partial charge in [-0.2, -0.15) is 0 Å². The largest absolute Gasteiger partial charge is 0.511 e. The molecule has 0 radical (unpaired) electrons. The van der Waals surface area contributed by atoms with E-state index in [4.69, 9.17) is 0 Å². The van der Waals surface area contributed by atoms with Crippen LogP contribution in [0.3, 0.4) is 0 Å². The van der Waals surface area contributed by atoms with Crippen LogP contribution < -0.4 is 0 Å². The third kappa shape index (κ3) is 4.99. The number of aliphatic hydroxyl groups is 1. The number of hydrogen-bond acceptors (Lipinski definition) is 4. The molecule has 21 heavy (non-hydrogen) atoms. The lowest BCUT2D eigenvalue weighted by atomic mass is 10.1. The number of allylic oxidation sites excluding steroid dienone is 1. The summed E-state index contributed by atoms with van der Waals surface area (Å²) in [6.45, 7) is 3.16. The van der Waals surface area contributed by atoms with Crippen molar-refractivity contribution in [1.82, 2.24) is 4.90 Å². The van der Waals surface area contributed by atoms with Gasteiger partial charge in [0.1, 0.15) is 11.3 Å². The number of imide groups is 1. The van der Waals surface area contributed by atoms with Crippen molar-refractivity contribution in [2.45, 2.75) is 65.2 Å². The van der Waals surface area contributed by atoms with Crippen LogP contribution in [0.15, 0.2) is 11.3 Å². The summed E-state index contributed by atoms with van der Waals surface area (Å²) in [6, 6.07) is 0. The first-order valence-electron chi connectivity index (χ1n) is 7.76. The van der Waals surface area contributed by atoms with Crippen LogP contribution in [0, 0.1) is 0 Å². The van der Waals surface area contributed by atoms with Gasteiger partial charge in [-0.1, -0.05) is 45.4 Å². The van der Waals surface area contributed by atoms with Crippen molar-refractivity contribution in [3.8, 4) is 0 Å². The molecule has 0 aromatic rings. The van der Waals surface area contributed by atoms with Gasteiger partial charge in [0.05, 0.1) is 6.54 Å². The molecule has 1 rings (SSSR count). The van der Waals surface area contributed by atoms with E-state index in [9.17, 15) is 19.5 Å². The van der Waals surface area contributed by atoms with Crippen LogP contribution in [0.4, 0.5) is 0 Å². The number of likely N-dealkylation sites (tertiary alicyclic amines) is 1. The maximum atomic E-state index is 11.9. The lowest BCUT2D eigenvalue weighted by Crippen LogP contribution is -2.30. The van der Waals surface area contributed by atoms with Gasteiger partial charge in [-0.3, -0.25) is 19.3 Å². The highest BCUT2D eigenvalue weighted by molar-refractivity contribution is 6.28. The number of ketones is 1. The maximum absolute atomic E-state index is 11.9. The van der Waals surface area contributed by atoms with Gasteiger partial charge in [0.2, 0.25) is 5.91 Å². The second-order valence-electron chi connectivity index (χ2n) is 5.53. The predicted octanol–water partition coefficient (Wildman–Crippen LogP) is 2.90. The Bertz CT molecular complexity index is 440. The van der Waals surface area contributed by atoms with E-state index < -0.39 is 17.6 Å². The number of Topliss-reactive ketones (excluding diaryl/α,β-unsaturated/α-hetero) is 1. The number of rotatable bonds is 8. The number of unbranched alkanes of at least 4 members (excludes halogenated alkanes) is 6. The normalized spacial score (nSPS) is 17.5. The van der Waals surface area contributed by atoms with Crippen LogP contribution in [-0.2, 0) is 14.4 Å². The molecule has 1 fully saturated rings. The van der Waals surface area contributed by atoms with E-state index in [-0.39, 0.29) is 17.9 Å². The third-order valence-electron chi connectivity index (χ3n) is 3.73. The maximum Gasteiger partial charge on any atom is 0.267 e. The average Bonchev–Trinajstić information content (AvgIpc) is 2.73. The van der Waals surface area contributed by atoms with Crippen LogP contribution >= 0.6 is 0 Å². The van der Waals surface area contributed by atoms with E-state index in [0.717, 1.165) is 24.2 Å². The number of amides is 2. The molecular formula is C16H25NO4. The van der Waals surface area contributed by atoms with Crippen LogP contribution in [0.1, 0.15) is 65.2 Å². The van der Waals surface area contributed by atoms with E-state index in [0.29, 0.717) is 6.42 Å². The molecule has 5 heteroatoms. The molecule has 0 aliphatic carbocycles. The predicted molar refractivity (Wildman–Crippen MR) is 79.7 cm³/mol. The molecule has 1 N–H and O–H groups in total. The van der Waals surface area contributed by atoms with Crippen molar-refractivity contribution in [3.63, 3.8) is 0 Å². The van der Waals surface area contributed by atoms with Gasteiger partial charge in [-0.15, -0.1) is 0 Å². The van der Waals surface area contributed by atoms with Gasteiger partial charge in [0.25, 0.3) is 5.91 Å². The highest BCUT2D eigenvalue weighted by Crippen LogP contribution is 2.20. The zero-order valence-electron chi connectivity index (χ0n) is 13.0. The minimum Gasteiger partial charge on any atom is -0.511 e. The first-order valence-corrected chi connectivity index (χ1v) is 7.76. The van der Waals surface area contributed by atoms with Crippen molar-refractivity contribution < 1.29 is 19.5 Å². The van der Waals surface area contributed by atoms with Crippen molar-refractivity contribution in [3.05, 3.63) is 11.3 Å². The molecule has 0 aromatic carbocycles. The highest BCUT2D eigenvalue weighted by atomic mass is 16.3. The Morgan fingerprint density at radius 2 is 1.67 bits per heavy atom. The monoisotopic (exact) mass is 295 g/mol. The zero-order chi connectivity index (χ0) is 15.8. The number of carbonyl (C=O) groups excluding carboxylic acids is 3. The zero-order valence-corrected chi connectivity index (χ0v) is 13.0. The molecule has 0 saturated carbocycles.